The van der Waals surface area contributed by atoms with E-state index in [-0.39, 0.29) is 5.91 Å². The van der Waals surface area contributed by atoms with Gasteiger partial charge in [-0.1, -0.05) is 44.0 Å². The van der Waals surface area contributed by atoms with Crippen molar-refractivity contribution in [3.63, 3.8) is 0 Å². The van der Waals surface area contributed by atoms with Crippen LogP contribution in [0.2, 0.25) is 0 Å². The van der Waals surface area contributed by atoms with Crippen LogP contribution in [0.15, 0.2) is 45.3 Å². The Bertz CT molecular complexity index is 695. The largest absolute Gasteiger partial charge is 0.398 e. The Hall–Kier alpha value is -1.33. The van der Waals surface area contributed by atoms with E-state index in [0.29, 0.717) is 12.1 Å². The molecule has 0 aromatic heterocycles. The van der Waals surface area contributed by atoms with E-state index in [4.69, 9.17) is 5.73 Å². The number of carbonyl (C=O) groups is 1. The summed E-state index contributed by atoms with van der Waals surface area (Å²) in [4.78, 5) is 14.5. The Morgan fingerprint density at radius 1 is 1.14 bits per heavy atom. The maximum absolute atomic E-state index is 12.7. The van der Waals surface area contributed by atoms with Crippen LogP contribution in [0.3, 0.4) is 0 Å². The summed E-state index contributed by atoms with van der Waals surface area (Å²) in [7, 11) is 0. The lowest BCUT2D eigenvalue weighted by molar-refractivity contribution is 0.0735. The second kappa shape index (κ2) is 5.81. The fourth-order valence-electron chi connectivity index (χ4n) is 2.64. The lowest BCUT2D eigenvalue weighted by Crippen LogP contribution is -2.36. The van der Waals surface area contributed by atoms with E-state index in [1.54, 1.807) is 0 Å². The third kappa shape index (κ3) is 2.99. The van der Waals surface area contributed by atoms with Gasteiger partial charge in [-0.3, -0.25) is 4.79 Å². The molecular weight excluding hydrogens is 396 g/mol. The maximum Gasteiger partial charge on any atom is 0.254 e. The van der Waals surface area contributed by atoms with Crippen molar-refractivity contribution in [1.29, 1.82) is 0 Å². The molecule has 5 heteroatoms. The summed E-state index contributed by atoms with van der Waals surface area (Å²) >= 11 is 6.84. The Balaban J connectivity index is 1.89. The highest BCUT2D eigenvalue weighted by Crippen LogP contribution is 2.27. The summed E-state index contributed by atoms with van der Waals surface area (Å²) < 4.78 is 1.77. The van der Waals surface area contributed by atoms with Gasteiger partial charge in [0.1, 0.15) is 0 Å². The molecule has 0 bridgehead atoms. The Morgan fingerprint density at radius 2 is 1.86 bits per heavy atom. The molecule has 21 heavy (non-hydrogen) atoms. The van der Waals surface area contributed by atoms with Crippen molar-refractivity contribution in [3.05, 3.63) is 62.0 Å². The van der Waals surface area contributed by atoms with Gasteiger partial charge in [0.15, 0.2) is 0 Å². The lowest BCUT2D eigenvalue weighted by Gasteiger charge is -2.30. The fourth-order valence-corrected chi connectivity index (χ4v) is 3.93. The predicted molar refractivity (Wildman–Crippen MR) is 91.1 cm³/mol. The van der Waals surface area contributed by atoms with E-state index in [1.165, 1.54) is 5.56 Å². The number of hydrogen-bond donors (Lipinski definition) is 1. The Labute approximate surface area is 140 Å². The normalized spacial score (nSPS) is 13.9. The highest BCUT2D eigenvalue weighted by molar-refractivity contribution is 9.11. The second-order valence-corrected chi connectivity index (χ2v) is 6.95. The number of anilines is 1. The zero-order valence-corrected chi connectivity index (χ0v) is 14.4. The van der Waals surface area contributed by atoms with Gasteiger partial charge in [0.05, 0.1) is 0 Å². The highest BCUT2D eigenvalue weighted by Gasteiger charge is 2.23. The molecule has 2 N–H and O–H groups in total. The number of carbonyl (C=O) groups excluding carboxylic acids is 1. The van der Waals surface area contributed by atoms with Gasteiger partial charge in [-0.15, -0.1) is 0 Å². The molecule has 1 aliphatic heterocycles. The van der Waals surface area contributed by atoms with Crippen LogP contribution in [-0.4, -0.2) is 17.4 Å². The molecular formula is C16H14Br2N2O. The smallest absolute Gasteiger partial charge is 0.254 e. The van der Waals surface area contributed by atoms with Crippen molar-refractivity contribution >= 4 is 43.5 Å². The van der Waals surface area contributed by atoms with Gasteiger partial charge in [0.2, 0.25) is 0 Å². The lowest BCUT2D eigenvalue weighted by atomic mass is 9.97. The van der Waals surface area contributed by atoms with E-state index in [9.17, 15) is 4.79 Å². The summed E-state index contributed by atoms with van der Waals surface area (Å²) in [6, 6.07) is 11.6. The number of amides is 1. The molecule has 0 radical (unpaired) electrons. The average Bonchev–Trinajstić information content (AvgIpc) is 2.45. The third-order valence-corrected chi connectivity index (χ3v) is 4.62. The molecule has 0 saturated heterocycles. The van der Waals surface area contributed by atoms with Gasteiger partial charge in [0, 0.05) is 33.3 Å². The number of hydrogen-bond acceptors (Lipinski definition) is 2. The average molecular weight is 410 g/mol. The van der Waals surface area contributed by atoms with Crippen molar-refractivity contribution in [2.75, 3.05) is 12.3 Å². The monoisotopic (exact) mass is 408 g/mol. The minimum absolute atomic E-state index is 0.0332. The van der Waals surface area contributed by atoms with Gasteiger partial charge < -0.3 is 10.6 Å². The van der Waals surface area contributed by atoms with Crippen LogP contribution in [0.5, 0.6) is 0 Å². The molecule has 0 saturated carbocycles. The van der Waals surface area contributed by atoms with E-state index in [1.807, 2.05) is 35.2 Å². The molecule has 1 amide bonds. The molecule has 0 aliphatic carbocycles. The fraction of sp³-hybridized carbons (Fsp3) is 0.188. The summed E-state index contributed by atoms with van der Waals surface area (Å²) in [6.07, 6.45) is 0.848. The number of nitrogens with zero attached hydrogens (tertiary/aromatic N) is 1. The number of rotatable bonds is 1. The SMILES string of the molecule is Nc1cccc2c1CN(C(=O)c1cc(Br)cc(Br)c1)CC2. The zero-order chi connectivity index (χ0) is 15.0. The van der Waals surface area contributed by atoms with Crippen LogP contribution in [0, 0.1) is 0 Å². The Morgan fingerprint density at radius 3 is 2.57 bits per heavy atom. The number of fused-ring (bicyclic) bond motifs is 1. The molecule has 2 aromatic rings. The van der Waals surface area contributed by atoms with Crippen LogP contribution in [0.4, 0.5) is 5.69 Å². The highest BCUT2D eigenvalue weighted by atomic mass is 79.9. The zero-order valence-electron chi connectivity index (χ0n) is 11.3. The molecule has 3 nitrogen and oxygen atoms in total. The third-order valence-electron chi connectivity index (χ3n) is 3.71. The van der Waals surface area contributed by atoms with Crippen molar-refractivity contribution in [2.24, 2.45) is 0 Å². The first kappa shape index (κ1) is 14.6. The molecule has 1 heterocycles. The molecule has 0 fully saturated rings. The summed E-state index contributed by atoms with van der Waals surface area (Å²) in [5, 5.41) is 0. The summed E-state index contributed by atoms with van der Waals surface area (Å²) in [5.74, 6) is 0.0332. The predicted octanol–water partition coefficient (Wildman–Crippen LogP) is 3.99. The quantitative estimate of drug-likeness (QED) is 0.723. The number of nitrogens with two attached hydrogens (primary N) is 1. The molecule has 1 aliphatic rings. The van der Waals surface area contributed by atoms with Gasteiger partial charge in [0.25, 0.3) is 5.91 Å². The number of benzene rings is 2. The maximum atomic E-state index is 12.7. The van der Waals surface area contributed by atoms with Crippen LogP contribution < -0.4 is 5.73 Å². The van der Waals surface area contributed by atoms with E-state index in [0.717, 1.165) is 33.2 Å². The summed E-state index contributed by atoms with van der Waals surface area (Å²) in [5.41, 5.74) is 9.80. The molecule has 0 spiro atoms. The first-order chi connectivity index (χ1) is 10.0. The minimum atomic E-state index is 0.0332. The topological polar surface area (TPSA) is 46.3 Å². The second-order valence-electron chi connectivity index (χ2n) is 5.12. The Kier molecular flexibility index (Phi) is 4.04. The standard InChI is InChI=1S/C16H14Br2N2O/c17-12-6-11(7-13(18)8-12)16(21)20-5-4-10-2-1-3-15(19)14(10)9-20/h1-3,6-8H,4-5,9,19H2. The van der Waals surface area contributed by atoms with Crippen LogP contribution >= 0.6 is 31.9 Å². The van der Waals surface area contributed by atoms with Crippen molar-refractivity contribution < 1.29 is 4.79 Å². The number of halogens is 2. The van der Waals surface area contributed by atoms with Crippen LogP contribution in [0.25, 0.3) is 0 Å². The number of nitrogen functional groups attached to an aromatic ring is 1. The van der Waals surface area contributed by atoms with Gasteiger partial charge in [-0.25, -0.2) is 0 Å². The van der Waals surface area contributed by atoms with Crippen LogP contribution in [-0.2, 0) is 13.0 Å². The first-order valence-corrected chi connectivity index (χ1v) is 8.25. The van der Waals surface area contributed by atoms with E-state index in [2.05, 4.69) is 37.9 Å². The molecule has 0 atom stereocenters. The van der Waals surface area contributed by atoms with Gasteiger partial charge in [-0.05, 0) is 41.8 Å². The molecule has 3 rings (SSSR count). The molecule has 2 aromatic carbocycles. The van der Waals surface area contributed by atoms with Gasteiger partial charge >= 0.3 is 0 Å². The molecule has 0 unspecified atom stereocenters. The van der Waals surface area contributed by atoms with Crippen molar-refractivity contribution in [1.82, 2.24) is 4.90 Å². The minimum Gasteiger partial charge on any atom is -0.398 e. The van der Waals surface area contributed by atoms with Crippen LogP contribution in [0.1, 0.15) is 21.5 Å². The van der Waals surface area contributed by atoms with Crippen molar-refractivity contribution in [2.45, 2.75) is 13.0 Å². The van der Waals surface area contributed by atoms with E-state index >= 15 is 0 Å². The van der Waals surface area contributed by atoms with Gasteiger partial charge in [-0.2, -0.15) is 0 Å². The molecule has 108 valence electrons. The first-order valence-electron chi connectivity index (χ1n) is 6.66. The van der Waals surface area contributed by atoms with E-state index < -0.39 is 0 Å². The summed E-state index contributed by atoms with van der Waals surface area (Å²) in [6.45, 7) is 1.30. The van der Waals surface area contributed by atoms with Crippen molar-refractivity contribution in [3.8, 4) is 0 Å².